The zero-order valence-corrected chi connectivity index (χ0v) is 17.7. The van der Waals surface area contributed by atoms with Crippen molar-refractivity contribution in [3.63, 3.8) is 0 Å². The van der Waals surface area contributed by atoms with E-state index in [0.29, 0.717) is 0 Å². The lowest BCUT2D eigenvalue weighted by Gasteiger charge is -2.47. The molecule has 0 bridgehead atoms. The highest BCUT2D eigenvalue weighted by Gasteiger charge is 2.50. The van der Waals surface area contributed by atoms with E-state index in [2.05, 4.69) is 0 Å². The second kappa shape index (κ2) is 10.8. The molecular formula is C18H37N5O9. The summed E-state index contributed by atoms with van der Waals surface area (Å²) in [5.74, 6) is 0. The largest absolute Gasteiger partial charge is 0.394 e. The predicted molar refractivity (Wildman–Crippen MR) is 108 cm³/mol. The SMILES string of the molecule is NC[C@H]1O[C@H](O[C@H]2[C@H](O)[C@@H](O[C@H]3O[C@H](CO)[C@@H](O)[C@@H](N)[C@H]3O)[C@H](N)C[C@@H]2N)[C@H](N)C[C@@H]1O. The van der Waals surface area contributed by atoms with Crippen LogP contribution >= 0.6 is 0 Å². The summed E-state index contributed by atoms with van der Waals surface area (Å²) >= 11 is 0. The standard InChI is InChI=1S/C18H37N5O9/c19-3-9-8(25)2-7(22)17(29-9)31-15-5(20)1-6(21)16(14(15)28)32-18-13(27)11(23)12(26)10(4-24)30-18/h5-18,24-28H,1-4,19-23H2/t5-,6+,7+,8-,9+,10+,11+,12+,13+,14-,15+,16-,17+,18+/m0/s1. The molecule has 1 aliphatic carbocycles. The number of ether oxygens (including phenoxy) is 4. The van der Waals surface area contributed by atoms with Crippen LogP contribution in [-0.4, -0.2) is 124 Å². The lowest BCUT2D eigenvalue weighted by atomic mass is 9.84. The lowest BCUT2D eigenvalue weighted by Crippen LogP contribution is -2.68. The van der Waals surface area contributed by atoms with E-state index in [4.69, 9.17) is 47.6 Å². The van der Waals surface area contributed by atoms with Crippen LogP contribution in [-0.2, 0) is 18.9 Å². The zero-order valence-electron chi connectivity index (χ0n) is 17.7. The lowest BCUT2D eigenvalue weighted by molar-refractivity contribution is -0.314. The third-order valence-electron chi connectivity index (χ3n) is 6.41. The van der Waals surface area contributed by atoms with Gasteiger partial charge in [-0.3, -0.25) is 0 Å². The summed E-state index contributed by atoms with van der Waals surface area (Å²) in [6, 6.07) is -3.27. The highest BCUT2D eigenvalue weighted by molar-refractivity contribution is 5.01. The van der Waals surface area contributed by atoms with Crippen molar-refractivity contribution in [2.75, 3.05) is 13.2 Å². The van der Waals surface area contributed by atoms with E-state index >= 15 is 0 Å². The molecule has 0 aromatic carbocycles. The van der Waals surface area contributed by atoms with Crippen molar-refractivity contribution in [3.8, 4) is 0 Å². The van der Waals surface area contributed by atoms with Gasteiger partial charge in [-0.15, -0.1) is 0 Å². The van der Waals surface area contributed by atoms with Crippen LogP contribution in [0.25, 0.3) is 0 Å². The van der Waals surface area contributed by atoms with Gasteiger partial charge in [0.25, 0.3) is 0 Å². The molecule has 1 saturated carbocycles. The molecule has 2 aliphatic heterocycles. The summed E-state index contributed by atoms with van der Waals surface area (Å²) in [6.45, 7) is -0.499. The molecule has 3 rings (SSSR count). The first kappa shape index (κ1) is 26.1. The Balaban J connectivity index is 1.70. The van der Waals surface area contributed by atoms with E-state index in [-0.39, 0.29) is 19.4 Å². The van der Waals surface area contributed by atoms with Gasteiger partial charge in [0.15, 0.2) is 12.6 Å². The number of hydrogen-bond donors (Lipinski definition) is 10. The van der Waals surface area contributed by atoms with Gasteiger partial charge in [-0.2, -0.15) is 0 Å². The molecular weight excluding hydrogens is 430 g/mol. The fraction of sp³-hybridized carbons (Fsp3) is 1.00. The summed E-state index contributed by atoms with van der Waals surface area (Å²) in [5.41, 5.74) is 29.8. The number of aliphatic hydroxyl groups excluding tert-OH is 5. The van der Waals surface area contributed by atoms with Crippen LogP contribution in [0.15, 0.2) is 0 Å². The molecule has 14 heteroatoms. The molecule has 15 N–H and O–H groups in total. The maximum Gasteiger partial charge on any atom is 0.186 e. The van der Waals surface area contributed by atoms with E-state index < -0.39 is 92.2 Å². The van der Waals surface area contributed by atoms with Crippen LogP contribution in [0.2, 0.25) is 0 Å². The topological polar surface area (TPSA) is 268 Å². The number of nitrogens with two attached hydrogens (primary N) is 5. The van der Waals surface area contributed by atoms with Crippen LogP contribution < -0.4 is 28.7 Å². The zero-order chi connectivity index (χ0) is 23.7. The first-order chi connectivity index (χ1) is 15.1. The fourth-order valence-corrected chi connectivity index (χ4v) is 4.43. The minimum atomic E-state index is -1.44. The first-order valence-corrected chi connectivity index (χ1v) is 10.8. The van der Waals surface area contributed by atoms with Crippen molar-refractivity contribution in [2.45, 2.75) is 98.4 Å². The van der Waals surface area contributed by atoms with Gasteiger partial charge in [-0.1, -0.05) is 0 Å². The summed E-state index contributed by atoms with van der Waals surface area (Å²) < 4.78 is 22.7. The Morgan fingerprint density at radius 1 is 0.719 bits per heavy atom. The maximum absolute atomic E-state index is 11.0. The molecule has 0 amide bonds. The molecule has 188 valence electrons. The highest BCUT2D eigenvalue weighted by Crippen LogP contribution is 2.30. The quantitative estimate of drug-likeness (QED) is 0.174. The van der Waals surface area contributed by atoms with Gasteiger partial charge in [0, 0.05) is 18.6 Å². The Hall–Kier alpha value is -0.560. The molecule has 2 saturated heterocycles. The molecule has 0 unspecified atom stereocenters. The van der Waals surface area contributed by atoms with E-state index in [1.807, 2.05) is 0 Å². The van der Waals surface area contributed by atoms with Crippen LogP contribution in [0.3, 0.4) is 0 Å². The monoisotopic (exact) mass is 467 g/mol. The normalized spacial score (nSPS) is 52.7. The third-order valence-corrected chi connectivity index (χ3v) is 6.41. The molecule has 0 aromatic rings. The van der Waals surface area contributed by atoms with Crippen LogP contribution in [0.4, 0.5) is 0 Å². The van der Waals surface area contributed by atoms with Gasteiger partial charge in [-0.05, 0) is 12.8 Å². The summed E-state index contributed by atoms with van der Waals surface area (Å²) in [7, 11) is 0. The van der Waals surface area contributed by atoms with Gasteiger partial charge < -0.3 is 73.1 Å². The Bertz CT molecular complexity index is 607. The molecule has 2 heterocycles. The summed E-state index contributed by atoms with van der Waals surface area (Å²) in [5, 5.41) is 50.7. The molecule has 32 heavy (non-hydrogen) atoms. The Morgan fingerprint density at radius 3 is 1.84 bits per heavy atom. The summed E-state index contributed by atoms with van der Waals surface area (Å²) in [4.78, 5) is 0. The van der Waals surface area contributed by atoms with Gasteiger partial charge in [-0.25, -0.2) is 0 Å². The Kier molecular flexibility index (Phi) is 8.79. The second-order valence-electron chi connectivity index (χ2n) is 8.78. The van der Waals surface area contributed by atoms with Crippen molar-refractivity contribution >= 4 is 0 Å². The Labute approximate surface area is 185 Å². The number of hydrogen-bond acceptors (Lipinski definition) is 14. The number of rotatable bonds is 6. The molecule has 0 aromatic heterocycles. The minimum absolute atomic E-state index is 0.0542. The molecule has 0 radical (unpaired) electrons. The van der Waals surface area contributed by atoms with Crippen molar-refractivity contribution in [2.24, 2.45) is 28.7 Å². The third kappa shape index (κ3) is 5.24. The molecule has 3 fully saturated rings. The van der Waals surface area contributed by atoms with E-state index in [1.54, 1.807) is 0 Å². The minimum Gasteiger partial charge on any atom is -0.394 e. The van der Waals surface area contributed by atoms with Crippen molar-refractivity contribution < 1.29 is 44.5 Å². The first-order valence-electron chi connectivity index (χ1n) is 10.8. The molecule has 0 spiro atoms. The predicted octanol–water partition coefficient (Wildman–Crippen LogP) is -6.30. The average molecular weight is 468 g/mol. The molecule has 14 atom stereocenters. The van der Waals surface area contributed by atoms with Gasteiger partial charge >= 0.3 is 0 Å². The van der Waals surface area contributed by atoms with Crippen LogP contribution in [0, 0.1) is 0 Å². The fourth-order valence-electron chi connectivity index (χ4n) is 4.43. The molecule has 3 aliphatic rings. The van der Waals surface area contributed by atoms with E-state index in [0.717, 1.165) is 0 Å². The number of aliphatic hydroxyl groups is 5. The van der Waals surface area contributed by atoms with Crippen molar-refractivity contribution in [1.82, 2.24) is 0 Å². The van der Waals surface area contributed by atoms with Crippen molar-refractivity contribution in [1.29, 1.82) is 0 Å². The highest BCUT2D eigenvalue weighted by atomic mass is 16.7. The van der Waals surface area contributed by atoms with Crippen molar-refractivity contribution in [3.05, 3.63) is 0 Å². The van der Waals surface area contributed by atoms with Gasteiger partial charge in [0.2, 0.25) is 0 Å². The molecule has 14 nitrogen and oxygen atoms in total. The van der Waals surface area contributed by atoms with E-state index in [9.17, 15) is 25.5 Å². The van der Waals surface area contributed by atoms with Crippen LogP contribution in [0.5, 0.6) is 0 Å². The van der Waals surface area contributed by atoms with Gasteiger partial charge in [0.1, 0.15) is 36.6 Å². The second-order valence-corrected chi connectivity index (χ2v) is 8.78. The summed E-state index contributed by atoms with van der Waals surface area (Å²) in [6.07, 6.45) is -10.8. The average Bonchev–Trinajstić information content (AvgIpc) is 2.75. The van der Waals surface area contributed by atoms with Gasteiger partial charge in [0.05, 0.1) is 30.9 Å². The van der Waals surface area contributed by atoms with E-state index in [1.165, 1.54) is 0 Å². The Morgan fingerprint density at radius 2 is 1.28 bits per heavy atom. The van der Waals surface area contributed by atoms with Crippen LogP contribution in [0.1, 0.15) is 12.8 Å². The smallest absolute Gasteiger partial charge is 0.186 e. The maximum atomic E-state index is 11.0.